The maximum Gasteiger partial charge on any atom is 0.337 e. The summed E-state index contributed by atoms with van der Waals surface area (Å²) in [7, 11) is 0. The molecule has 1 aliphatic heterocycles. The normalized spacial score (nSPS) is 21.9. The highest BCUT2D eigenvalue weighted by Gasteiger charge is 2.44. The van der Waals surface area contributed by atoms with Crippen LogP contribution < -0.4 is 10.6 Å². The summed E-state index contributed by atoms with van der Waals surface area (Å²) in [4.78, 5) is 23.8. The lowest BCUT2D eigenvalue weighted by Crippen LogP contribution is -2.42. The summed E-state index contributed by atoms with van der Waals surface area (Å²) in [5.74, 6) is -0.954. The molecule has 0 bridgehead atoms. The van der Waals surface area contributed by atoms with E-state index in [2.05, 4.69) is 10.6 Å². The van der Waals surface area contributed by atoms with Crippen molar-refractivity contribution >= 4 is 17.6 Å². The van der Waals surface area contributed by atoms with Crippen LogP contribution in [0, 0.1) is 11.3 Å². The lowest BCUT2D eigenvalue weighted by Gasteiger charge is -2.31. The van der Waals surface area contributed by atoms with Crippen molar-refractivity contribution in [3.05, 3.63) is 29.8 Å². The number of nitrogens with one attached hydrogen (secondary N) is 2. The van der Waals surface area contributed by atoms with Gasteiger partial charge in [0.25, 0.3) is 0 Å². The number of carboxylic acids is 1. The first-order chi connectivity index (χ1) is 9.47. The molecule has 0 spiro atoms. The fourth-order valence-electron chi connectivity index (χ4n) is 2.69. The average molecular weight is 276 g/mol. The van der Waals surface area contributed by atoms with Crippen molar-refractivity contribution in [2.75, 3.05) is 18.4 Å². The van der Waals surface area contributed by atoms with Crippen molar-refractivity contribution in [1.29, 1.82) is 0 Å². The van der Waals surface area contributed by atoms with Crippen LogP contribution in [0.15, 0.2) is 24.3 Å². The van der Waals surface area contributed by atoms with Gasteiger partial charge in [0.15, 0.2) is 0 Å². The fourth-order valence-corrected chi connectivity index (χ4v) is 2.69. The SMILES string of the molecule is CC(C)C1(C(=O)Nc2ccccc2C(=O)O)CCNC1. The quantitative estimate of drug-likeness (QED) is 0.785. The van der Waals surface area contributed by atoms with Crippen LogP contribution in [0.5, 0.6) is 0 Å². The van der Waals surface area contributed by atoms with Crippen molar-refractivity contribution < 1.29 is 14.7 Å². The number of carbonyl (C=O) groups is 2. The molecule has 108 valence electrons. The molecule has 2 rings (SSSR count). The summed E-state index contributed by atoms with van der Waals surface area (Å²) in [6.45, 7) is 5.49. The van der Waals surface area contributed by atoms with E-state index in [0.29, 0.717) is 12.2 Å². The van der Waals surface area contributed by atoms with Crippen LogP contribution in [0.2, 0.25) is 0 Å². The van der Waals surface area contributed by atoms with Gasteiger partial charge in [-0.2, -0.15) is 0 Å². The second-order valence-corrected chi connectivity index (χ2v) is 5.54. The minimum Gasteiger partial charge on any atom is -0.478 e. The van der Waals surface area contributed by atoms with Crippen LogP contribution in [0.3, 0.4) is 0 Å². The van der Waals surface area contributed by atoms with E-state index in [-0.39, 0.29) is 17.4 Å². The highest BCUT2D eigenvalue weighted by Crippen LogP contribution is 2.35. The molecule has 1 aromatic carbocycles. The molecular formula is C15H20N2O3. The van der Waals surface area contributed by atoms with Gasteiger partial charge < -0.3 is 15.7 Å². The molecule has 1 amide bonds. The number of rotatable bonds is 4. The molecule has 0 saturated carbocycles. The monoisotopic (exact) mass is 276 g/mol. The molecule has 1 saturated heterocycles. The summed E-state index contributed by atoms with van der Waals surface area (Å²) < 4.78 is 0. The number of hydrogen-bond donors (Lipinski definition) is 3. The first kappa shape index (κ1) is 14.5. The van der Waals surface area contributed by atoms with Crippen LogP contribution in [0.25, 0.3) is 0 Å². The molecule has 1 aromatic rings. The van der Waals surface area contributed by atoms with Gasteiger partial charge in [-0.05, 0) is 31.0 Å². The maximum absolute atomic E-state index is 12.6. The summed E-state index contributed by atoms with van der Waals surface area (Å²) >= 11 is 0. The van der Waals surface area contributed by atoms with E-state index in [9.17, 15) is 9.59 Å². The van der Waals surface area contributed by atoms with Crippen LogP contribution in [0.4, 0.5) is 5.69 Å². The number of amides is 1. The number of aromatic carboxylic acids is 1. The number of anilines is 1. The van der Waals surface area contributed by atoms with Gasteiger partial charge >= 0.3 is 5.97 Å². The maximum atomic E-state index is 12.6. The van der Waals surface area contributed by atoms with Gasteiger partial charge in [0, 0.05) is 6.54 Å². The lowest BCUT2D eigenvalue weighted by atomic mass is 9.75. The molecule has 1 fully saturated rings. The zero-order valence-electron chi connectivity index (χ0n) is 11.8. The zero-order chi connectivity index (χ0) is 14.8. The third kappa shape index (κ3) is 2.54. The minimum atomic E-state index is -1.04. The van der Waals surface area contributed by atoms with Crippen molar-refractivity contribution in [1.82, 2.24) is 5.32 Å². The molecule has 20 heavy (non-hydrogen) atoms. The summed E-state index contributed by atoms with van der Waals surface area (Å²) in [5.41, 5.74) is 0.00801. The molecule has 3 N–H and O–H groups in total. The largest absolute Gasteiger partial charge is 0.478 e. The van der Waals surface area contributed by atoms with E-state index in [0.717, 1.165) is 13.0 Å². The van der Waals surface area contributed by atoms with Crippen molar-refractivity contribution in [3.63, 3.8) is 0 Å². The topological polar surface area (TPSA) is 78.4 Å². The first-order valence-corrected chi connectivity index (χ1v) is 6.82. The minimum absolute atomic E-state index is 0.105. The van der Waals surface area contributed by atoms with E-state index in [1.54, 1.807) is 18.2 Å². The van der Waals surface area contributed by atoms with Gasteiger partial charge in [-0.25, -0.2) is 4.79 Å². The number of carboxylic acid groups (broad SMARTS) is 1. The summed E-state index contributed by atoms with van der Waals surface area (Å²) in [5, 5.41) is 15.2. The van der Waals surface area contributed by atoms with E-state index >= 15 is 0 Å². The predicted octanol–water partition coefficient (Wildman–Crippen LogP) is 1.96. The molecule has 1 aliphatic rings. The van der Waals surface area contributed by atoms with E-state index in [4.69, 9.17) is 5.11 Å². The molecule has 1 unspecified atom stereocenters. The molecule has 1 heterocycles. The molecule has 5 nitrogen and oxygen atoms in total. The van der Waals surface area contributed by atoms with E-state index in [1.807, 2.05) is 13.8 Å². The summed E-state index contributed by atoms with van der Waals surface area (Å²) in [6, 6.07) is 6.48. The third-order valence-corrected chi connectivity index (χ3v) is 4.15. The Morgan fingerprint density at radius 3 is 2.60 bits per heavy atom. The third-order valence-electron chi connectivity index (χ3n) is 4.15. The summed E-state index contributed by atoms with van der Waals surface area (Å²) in [6.07, 6.45) is 0.770. The zero-order valence-corrected chi connectivity index (χ0v) is 11.8. The van der Waals surface area contributed by atoms with Gasteiger partial charge in [0.2, 0.25) is 5.91 Å². The molecule has 0 radical (unpaired) electrons. The predicted molar refractivity (Wildman–Crippen MR) is 76.8 cm³/mol. The van der Waals surface area contributed by atoms with Crippen LogP contribution in [-0.2, 0) is 4.79 Å². The Hall–Kier alpha value is -1.88. The molecular weight excluding hydrogens is 256 g/mol. The van der Waals surface area contributed by atoms with Gasteiger partial charge in [-0.1, -0.05) is 26.0 Å². The smallest absolute Gasteiger partial charge is 0.337 e. The van der Waals surface area contributed by atoms with Crippen molar-refractivity contribution in [3.8, 4) is 0 Å². The Morgan fingerprint density at radius 1 is 1.35 bits per heavy atom. The van der Waals surface area contributed by atoms with E-state index < -0.39 is 11.4 Å². The molecule has 1 atom stereocenters. The molecule has 5 heteroatoms. The van der Waals surface area contributed by atoms with Crippen molar-refractivity contribution in [2.24, 2.45) is 11.3 Å². The Bertz CT molecular complexity index is 520. The second-order valence-electron chi connectivity index (χ2n) is 5.54. The van der Waals surface area contributed by atoms with Crippen molar-refractivity contribution in [2.45, 2.75) is 20.3 Å². The highest BCUT2D eigenvalue weighted by molar-refractivity contribution is 6.02. The number of hydrogen-bond acceptors (Lipinski definition) is 3. The van der Waals surface area contributed by atoms with E-state index in [1.165, 1.54) is 6.07 Å². The molecule has 0 aromatic heterocycles. The first-order valence-electron chi connectivity index (χ1n) is 6.82. The highest BCUT2D eigenvalue weighted by atomic mass is 16.4. The Kier molecular flexibility index (Phi) is 4.09. The standard InChI is InChI=1S/C15H20N2O3/c1-10(2)15(7-8-16-9-15)14(20)17-12-6-4-3-5-11(12)13(18)19/h3-6,10,16H,7-9H2,1-2H3,(H,17,20)(H,18,19). The van der Waals surface area contributed by atoms with Gasteiger partial charge in [-0.15, -0.1) is 0 Å². The van der Waals surface area contributed by atoms with Crippen LogP contribution >= 0.6 is 0 Å². The Labute approximate surface area is 118 Å². The average Bonchev–Trinajstić information content (AvgIpc) is 2.89. The van der Waals surface area contributed by atoms with Gasteiger partial charge in [0.1, 0.15) is 0 Å². The Morgan fingerprint density at radius 2 is 2.05 bits per heavy atom. The lowest BCUT2D eigenvalue weighted by molar-refractivity contribution is -0.126. The van der Waals surface area contributed by atoms with Crippen LogP contribution in [0.1, 0.15) is 30.6 Å². The number of para-hydroxylation sites is 1. The van der Waals surface area contributed by atoms with Crippen LogP contribution in [-0.4, -0.2) is 30.1 Å². The number of carbonyl (C=O) groups excluding carboxylic acids is 1. The Balaban J connectivity index is 2.26. The fraction of sp³-hybridized carbons (Fsp3) is 0.467. The molecule has 0 aliphatic carbocycles. The van der Waals surface area contributed by atoms with Gasteiger partial charge in [-0.3, -0.25) is 4.79 Å². The number of benzene rings is 1. The van der Waals surface area contributed by atoms with Gasteiger partial charge in [0.05, 0.1) is 16.7 Å². The second kappa shape index (κ2) is 5.63.